The number of benzene rings is 2. The smallest absolute Gasteiger partial charge is 0.226 e. The summed E-state index contributed by atoms with van der Waals surface area (Å²) < 4.78 is 1.85. The zero-order valence-corrected chi connectivity index (χ0v) is 17.4. The first-order valence-corrected chi connectivity index (χ1v) is 10.4. The molecule has 2 heterocycles. The van der Waals surface area contributed by atoms with Gasteiger partial charge < -0.3 is 15.5 Å². The number of aromatic nitrogens is 4. The molecule has 0 unspecified atom stereocenters. The third-order valence-electron chi connectivity index (χ3n) is 5.07. The maximum absolute atomic E-state index is 4.78. The Morgan fingerprint density at radius 1 is 0.900 bits per heavy atom. The molecule has 0 spiro atoms. The van der Waals surface area contributed by atoms with E-state index in [0.717, 1.165) is 54.4 Å². The lowest BCUT2D eigenvalue weighted by Gasteiger charge is -2.18. The number of rotatable bonds is 9. The Labute approximate surface area is 176 Å². The minimum atomic E-state index is 0.589. The summed E-state index contributed by atoms with van der Waals surface area (Å²) in [4.78, 5) is 11.9. The monoisotopic (exact) mass is 401 g/mol. The van der Waals surface area contributed by atoms with Gasteiger partial charge >= 0.3 is 0 Å². The number of likely N-dealkylation sites (N-methyl/N-ethyl adjacent to an activating group) is 1. The highest BCUT2D eigenvalue weighted by atomic mass is 15.3. The maximum Gasteiger partial charge on any atom is 0.226 e. The van der Waals surface area contributed by atoms with E-state index in [-0.39, 0.29) is 0 Å². The topological polar surface area (TPSA) is 70.9 Å². The number of hydrogen-bond donors (Lipinski definition) is 2. The number of nitrogens with one attached hydrogen (secondary N) is 2. The van der Waals surface area contributed by atoms with Crippen LogP contribution in [0.2, 0.25) is 0 Å². The van der Waals surface area contributed by atoms with Crippen molar-refractivity contribution in [2.75, 3.05) is 36.8 Å². The second kappa shape index (κ2) is 9.37. The Bertz CT molecular complexity index is 1070. The van der Waals surface area contributed by atoms with Gasteiger partial charge in [-0.15, -0.1) is 0 Å². The number of para-hydroxylation sites is 2. The molecule has 0 aliphatic rings. The lowest BCUT2D eigenvalue weighted by Crippen LogP contribution is -2.29. The van der Waals surface area contributed by atoms with Gasteiger partial charge in [0, 0.05) is 18.8 Å². The van der Waals surface area contributed by atoms with Crippen molar-refractivity contribution >= 4 is 28.5 Å². The molecule has 0 aliphatic heterocycles. The summed E-state index contributed by atoms with van der Waals surface area (Å²) in [6, 6.07) is 20.0. The molecule has 0 aliphatic carbocycles. The molecular weight excluding hydrogens is 374 g/mol. The van der Waals surface area contributed by atoms with Crippen LogP contribution in [0.5, 0.6) is 0 Å². The van der Waals surface area contributed by atoms with Crippen LogP contribution in [0.25, 0.3) is 16.7 Å². The Balaban J connectivity index is 1.70. The Hall–Kier alpha value is -3.45. The van der Waals surface area contributed by atoms with Crippen LogP contribution in [0.3, 0.4) is 0 Å². The first-order valence-electron chi connectivity index (χ1n) is 10.4. The van der Waals surface area contributed by atoms with E-state index < -0.39 is 0 Å². The third kappa shape index (κ3) is 4.41. The van der Waals surface area contributed by atoms with Gasteiger partial charge in [-0.25, -0.2) is 4.68 Å². The zero-order valence-electron chi connectivity index (χ0n) is 17.4. The molecule has 2 aromatic carbocycles. The molecule has 2 aromatic heterocycles. The van der Waals surface area contributed by atoms with E-state index in [9.17, 15) is 0 Å². The molecular formula is C23H27N7. The first kappa shape index (κ1) is 19.8. The molecule has 0 bridgehead atoms. The van der Waals surface area contributed by atoms with Crippen molar-refractivity contribution in [2.45, 2.75) is 13.8 Å². The van der Waals surface area contributed by atoms with Crippen molar-refractivity contribution in [1.29, 1.82) is 0 Å². The van der Waals surface area contributed by atoms with Crippen molar-refractivity contribution in [3.63, 3.8) is 0 Å². The molecule has 7 heteroatoms. The highest BCUT2D eigenvalue weighted by Gasteiger charge is 2.14. The quantitative estimate of drug-likeness (QED) is 0.435. The molecule has 2 N–H and O–H groups in total. The number of anilines is 3. The van der Waals surface area contributed by atoms with E-state index in [4.69, 9.17) is 9.97 Å². The second-order valence-corrected chi connectivity index (χ2v) is 6.97. The van der Waals surface area contributed by atoms with E-state index in [1.54, 1.807) is 0 Å². The van der Waals surface area contributed by atoms with Gasteiger partial charge in [0.2, 0.25) is 5.95 Å². The molecule has 0 saturated heterocycles. The van der Waals surface area contributed by atoms with Crippen molar-refractivity contribution < 1.29 is 0 Å². The first-order chi connectivity index (χ1) is 14.8. The lowest BCUT2D eigenvalue weighted by molar-refractivity contribution is 0.316. The van der Waals surface area contributed by atoms with E-state index in [2.05, 4.69) is 34.5 Å². The van der Waals surface area contributed by atoms with Gasteiger partial charge in [-0.3, -0.25) is 0 Å². The van der Waals surface area contributed by atoms with Crippen LogP contribution in [-0.4, -0.2) is 50.8 Å². The van der Waals surface area contributed by atoms with Crippen LogP contribution in [0, 0.1) is 0 Å². The Morgan fingerprint density at radius 3 is 2.30 bits per heavy atom. The summed E-state index contributed by atoms with van der Waals surface area (Å²) >= 11 is 0. The highest BCUT2D eigenvalue weighted by molar-refractivity contribution is 5.90. The summed E-state index contributed by atoms with van der Waals surface area (Å²) in [6.45, 7) is 8.11. The highest BCUT2D eigenvalue weighted by Crippen LogP contribution is 2.26. The standard InChI is InChI=1S/C23H27N7/c1-3-29(4-2)16-15-24-23-27-21(26-18-11-7-5-8-12-18)20-17-25-30(22(20)28-23)19-13-9-6-10-14-19/h5-14,17H,3-4,15-16H2,1-2H3,(H2,24,26,27,28). The fraction of sp³-hybridized carbons (Fsp3) is 0.261. The fourth-order valence-corrected chi connectivity index (χ4v) is 3.36. The van der Waals surface area contributed by atoms with Crippen molar-refractivity contribution in [3.8, 4) is 5.69 Å². The SMILES string of the molecule is CCN(CC)CCNc1nc(Nc2ccccc2)c2cnn(-c3ccccc3)c2n1. The average Bonchev–Trinajstić information content (AvgIpc) is 3.22. The van der Waals surface area contributed by atoms with Crippen molar-refractivity contribution in [3.05, 3.63) is 66.9 Å². The fourth-order valence-electron chi connectivity index (χ4n) is 3.36. The molecule has 0 amide bonds. The summed E-state index contributed by atoms with van der Waals surface area (Å²) in [5.74, 6) is 1.32. The average molecular weight is 402 g/mol. The molecule has 154 valence electrons. The normalized spacial score (nSPS) is 11.2. The van der Waals surface area contributed by atoms with Gasteiger partial charge in [0.05, 0.1) is 17.3 Å². The minimum absolute atomic E-state index is 0.589. The summed E-state index contributed by atoms with van der Waals surface area (Å²) in [7, 11) is 0. The Kier molecular flexibility index (Phi) is 6.20. The van der Waals surface area contributed by atoms with Gasteiger partial charge in [-0.05, 0) is 37.4 Å². The van der Waals surface area contributed by atoms with Gasteiger partial charge in [0.1, 0.15) is 5.82 Å². The van der Waals surface area contributed by atoms with Gasteiger partial charge in [0.25, 0.3) is 0 Å². The molecule has 4 aromatic rings. The van der Waals surface area contributed by atoms with Crippen LogP contribution in [-0.2, 0) is 0 Å². The van der Waals surface area contributed by atoms with Crippen LogP contribution in [0.4, 0.5) is 17.5 Å². The molecule has 0 saturated carbocycles. The number of hydrogen-bond acceptors (Lipinski definition) is 6. The van der Waals surface area contributed by atoms with E-state index >= 15 is 0 Å². The van der Waals surface area contributed by atoms with Crippen LogP contribution in [0.15, 0.2) is 66.9 Å². The second-order valence-electron chi connectivity index (χ2n) is 6.97. The van der Waals surface area contributed by atoms with Gasteiger partial charge in [-0.2, -0.15) is 15.1 Å². The maximum atomic E-state index is 4.78. The minimum Gasteiger partial charge on any atom is -0.353 e. The Morgan fingerprint density at radius 2 is 1.60 bits per heavy atom. The largest absolute Gasteiger partial charge is 0.353 e. The molecule has 0 atom stereocenters. The predicted molar refractivity (Wildman–Crippen MR) is 123 cm³/mol. The van der Waals surface area contributed by atoms with Crippen LogP contribution >= 0.6 is 0 Å². The van der Waals surface area contributed by atoms with Gasteiger partial charge in [0.15, 0.2) is 5.65 Å². The van der Waals surface area contributed by atoms with Gasteiger partial charge in [-0.1, -0.05) is 50.2 Å². The van der Waals surface area contributed by atoms with E-state index in [1.165, 1.54) is 0 Å². The third-order valence-corrected chi connectivity index (χ3v) is 5.07. The van der Waals surface area contributed by atoms with Crippen LogP contribution < -0.4 is 10.6 Å². The summed E-state index contributed by atoms with van der Waals surface area (Å²) in [5.41, 5.74) is 2.70. The summed E-state index contributed by atoms with van der Waals surface area (Å²) in [5, 5.41) is 12.3. The molecule has 0 radical (unpaired) electrons. The van der Waals surface area contributed by atoms with E-state index in [1.807, 2.05) is 71.5 Å². The van der Waals surface area contributed by atoms with Crippen LogP contribution in [0.1, 0.15) is 13.8 Å². The van der Waals surface area contributed by atoms with E-state index in [0.29, 0.717) is 5.95 Å². The van der Waals surface area contributed by atoms with Crippen molar-refractivity contribution in [1.82, 2.24) is 24.6 Å². The van der Waals surface area contributed by atoms with Crippen molar-refractivity contribution in [2.24, 2.45) is 0 Å². The number of fused-ring (bicyclic) bond motifs is 1. The lowest BCUT2D eigenvalue weighted by atomic mass is 10.3. The zero-order chi connectivity index (χ0) is 20.8. The number of nitrogens with zero attached hydrogens (tertiary/aromatic N) is 5. The molecule has 4 rings (SSSR count). The molecule has 0 fully saturated rings. The summed E-state index contributed by atoms with van der Waals surface area (Å²) in [6.07, 6.45) is 1.81. The predicted octanol–water partition coefficient (Wildman–Crippen LogP) is 4.31. The molecule has 30 heavy (non-hydrogen) atoms. The molecule has 7 nitrogen and oxygen atoms in total.